The highest BCUT2D eigenvalue weighted by Crippen LogP contribution is 2.55. The minimum atomic E-state index is -0.131. The van der Waals surface area contributed by atoms with Gasteiger partial charge in [-0.1, -0.05) is 23.9 Å². The number of nitrogens with zero attached hydrogens (tertiary/aromatic N) is 1. The molecule has 0 radical (unpaired) electrons. The number of aromatic nitrogens is 2. The summed E-state index contributed by atoms with van der Waals surface area (Å²) in [6.07, 6.45) is 7.81. The third-order valence-corrected chi connectivity index (χ3v) is 7.44. The smallest absolute Gasteiger partial charge is 0.233 e. The predicted molar refractivity (Wildman–Crippen MR) is 100 cm³/mol. The average Bonchev–Trinajstić information content (AvgIpc) is 2.95. The number of para-hydroxylation sites is 2. The molecule has 1 aromatic carbocycles. The van der Waals surface area contributed by atoms with E-state index >= 15 is 0 Å². The molecule has 132 valence electrons. The van der Waals surface area contributed by atoms with E-state index in [1.165, 1.54) is 50.3 Å². The Kier molecular flexibility index (Phi) is 3.63. The van der Waals surface area contributed by atoms with Crippen molar-refractivity contribution >= 4 is 28.7 Å². The molecule has 1 aromatic heterocycles. The number of hydrogen-bond acceptors (Lipinski definition) is 3. The van der Waals surface area contributed by atoms with Gasteiger partial charge in [-0.15, -0.1) is 0 Å². The van der Waals surface area contributed by atoms with Crippen LogP contribution in [0, 0.1) is 17.8 Å². The van der Waals surface area contributed by atoms with Gasteiger partial charge in [0.05, 0.1) is 16.3 Å². The number of nitrogens with one attached hydrogen (secondary N) is 2. The molecule has 4 bridgehead atoms. The molecular weight excluding hydrogens is 330 g/mol. The topological polar surface area (TPSA) is 57.8 Å². The summed E-state index contributed by atoms with van der Waals surface area (Å²) < 4.78 is 0. The van der Waals surface area contributed by atoms with Gasteiger partial charge in [0, 0.05) is 5.54 Å². The lowest BCUT2D eigenvalue weighted by molar-refractivity contribution is -0.126. The largest absolute Gasteiger partial charge is 0.350 e. The van der Waals surface area contributed by atoms with Crippen LogP contribution in [0.1, 0.15) is 45.4 Å². The third-order valence-electron chi connectivity index (χ3n) is 6.45. The Hall–Kier alpha value is -1.49. The number of benzene rings is 1. The summed E-state index contributed by atoms with van der Waals surface area (Å²) >= 11 is 1.53. The molecule has 4 saturated carbocycles. The number of aromatic amines is 1. The Morgan fingerprint density at radius 3 is 2.48 bits per heavy atom. The first-order valence-corrected chi connectivity index (χ1v) is 10.4. The molecule has 4 aliphatic rings. The first-order chi connectivity index (χ1) is 12.1. The normalized spacial score (nSPS) is 34.4. The Morgan fingerprint density at radius 1 is 1.20 bits per heavy atom. The Bertz CT molecular complexity index is 746. The van der Waals surface area contributed by atoms with E-state index in [1.807, 2.05) is 31.2 Å². The van der Waals surface area contributed by atoms with Crippen molar-refractivity contribution in [3.63, 3.8) is 0 Å². The Labute approximate surface area is 152 Å². The molecule has 0 unspecified atom stereocenters. The first-order valence-electron chi connectivity index (χ1n) is 9.52. The van der Waals surface area contributed by atoms with Crippen LogP contribution in [0.2, 0.25) is 0 Å². The first kappa shape index (κ1) is 15.7. The molecule has 4 nitrogen and oxygen atoms in total. The summed E-state index contributed by atoms with van der Waals surface area (Å²) in [6.45, 7) is 1.99. The molecule has 6 rings (SSSR count). The molecule has 2 aromatic rings. The zero-order valence-corrected chi connectivity index (χ0v) is 15.4. The molecular formula is C20H25N3OS. The second-order valence-corrected chi connectivity index (χ2v) is 9.84. The van der Waals surface area contributed by atoms with Crippen molar-refractivity contribution in [2.45, 2.75) is 61.4 Å². The van der Waals surface area contributed by atoms with Gasteiger partial charge < -0.3 is 10.3 Å². The number of imidazole rings is 1. The van der Waals surface area contributed by atoms with Crippen LogP contribution in [-0.4, -0.2) is 26.7 Å². The fraction of sp³-hybridized carbons (Fsp3) is 0.600. The lowest BCUT2D eigenvalue weighted by atomic mass is 9.53. The van der Waals surface area contributed by atoms with Crippen LogP contribution in [0.15, 0.2) is 29.4 Å². The van der Waals surface area contributed by atoms with Crippen LogP contribution in [0.3, 0.4) is 0 Å². The second-order valence-electron chi connectivity index (χ2n) is 8.51. The molecule has 0 saturated heterocycles. The summed E-state index contributed by atoms with van der Waals surface area (Å²) in [5, 5.41) is 4.17. The molecule has 1 heterocycles. The lowest BCUT2D eigenvalue weighted by Crippen LogP contribution is -2.60. The maximum atomic E-state index is 12.9. The van der Waals surface area contributed by atoms with Crippen LogP contribution < -0.4 is 5.32 Å². The predicted octanol–water partition coefficient (Wildman–Crippen LogP) is 4.13. The van der Waals surface area contributed by atoms with Gasteiger partial charge in [-0.3, -0.25) is 4.79 Å². The van der Waals surface area contributed by atoms with Crippen molar-refractivity contribution in [2.24, 2.45) is 17.8 Å². The van der Waals surface area contributed by atoms with Crippen molar-refractivity contribution in [3.05, 3.63) is 24.3 Å². The third kappa shape index (κ3) is 2.86. The minimum Gasteiger partial charge on any atom is -0.350 e. The van der Waals surface area contributed by atoms with E-state index in [4.69, 9.17) is 0 Å². The molecule has 25 heavy (non-hydrogen) atoms. The van der Waals surface area contributed by atoms with Crippen LogP contribution in [0.25, 0.3) is 11.0 Å². The van der Waals surface area contributed by atoms with Crippen LogP contribution >= 0.6 is 11.8 Å². The second kappa shape index (κ2) is 5.76. The molecule has 1 amide bonds. The van der Waals surface area contributed by atoms with Crippen LogP contribution in [0.5, 0.6) is 0 Å². The van der Waals surface area contributed by atoms with Crippen molar-refractivity contribution in [3.8, 4) is 0 Å². The monoisotopic (exact) mass is 355 g/mol. The van der Waals surface area contributed by atoms with Gasteiger partial charge in [-0.25, -0.2) is 4.98 Å². The van der Waals surface area contributed by atoms with Gasteiger partial charge in [0.25, 0.3) is 0 Å². The molecule has 0 spiro atoms. The van der Waals surface area contributed by atoms with Gasteiger partial charge in [0.15, 0.2) is 5.16 Å². The van der Waals surface area contributed by atoms with Crippen molar-refractivity contribution in [2.75, 3.05) is 0 Å². The highest BCUT2D eigenvalue weighted by molar-refractivity contribution is 8.00. The van der Waals surface area contributed by atoms with Gasteiger partial charge in [0.2, 0.25) is 5.91 Å². The Morgan fingerprint density at radius 2 is 1.84 bits per heavy atom. The molecule has 2 N–H and O–H groups in total. The fourth-order valence-corrected chi connectivity index (χ4v) is 6.65. The summed E-state index contributed by atoms with van der Waals surface area (Å²) in [6, 6.07) is 8.00. The van der Waals surface area contributed by atoms with E-state index in [-0.39, 0.29) is 16.7 Å². The number of fused-ring (bicyclic) bond motifs is 1. The summed E-state index contributed by atoms with van der Waals surface area (Å²) in [4.78, 5) is 20.8. The van der Waals surface area contributed by atoms with E-state index in [0.29, 0.717) is 0 Å². The number of carbonyl (C=O) groups excluding carboxylic acids is 1. The maximum absolute atomic E-state index is 12.9. The molecule has 5 heteroatoms. The van der Waals surface area contributed by atoms with E-state index in [1.54, 1.807) is 0 Å². The van der Waals surface area contributed by atoms with Gasteiger partial charge in [-0.05, 0) is 75.3 Å². The van der Waals surface area contributed by atoms with Crippen molar-refractivity contribution in [1.29, 1.82) is 0 Å². The zero-order chi connectivity index (χ0) is 17.0. The van der Waals surface area contributed by atoms with E-state index in [9.17, 15) is 4.79 Å². The van der Waals surface area contributed by atoms with E-state index in [2.05, 4.69) is 15.3 Å². The standard InChI is InChI=1S/C20H25N3OS/c1-12(25-19-21-16-4-2-3-5-17(16)22-19)18(24)23-20-9-13-6-14(10-20)8-15(7-13)11-20/h2-5,12-15H,6-11H2,1H3,(H,21,22)(H,23,24)/t12-,13?,14?,15?,20?/m0/s1. The summed E-state index contributed by atoms with van der Waals surface area (Å²) in [5.74, 6) is 2.73. The summed E-state index contributed by atoms with van der Waals surface area (Å²) in [5.41, 5.74) is 2.08. The lowest BCUT2D eigenvalue weighted by Gasteiger charge is -2.57. The highest BCUT2D eigenvalue weighted by atomic mass is 32.2. The molecule has 0 aliphatic heterocycles. The number of rotatable bonds is 4. The fourth-order valence-electron chi connectivity index (χ4n) is 5.83. The van der Waals surface area contributed by atoms with Crippen molar-refractivity contribution < 1.29 is 4.79 Å². The average molecular weight is 356 g/mol. The molecule has 1 atom stereocenters. The number of carbonyl (C=O) groups is 1. The number of H-pyrrole nitrogens is 1. The number of amides is 1. The quantitative estimate of drug-likeness (QED) is 0.811. The maximum Gasteiger partial charge on any atom is 0.233 e. The number of thioether (sulfide) groups is 1. The van der Waals surface area contributed by atoms with Gasteiger partial charge in [-0.2, -0.15) is 0 Å². The van der Waals surface area contributed by atoms with Crippen LogP contribution in [0.4, 0.5) is 0 Å². The minimum absolute atomic E-state index is 0.0918. The zero-order valence-electron chi connectivity index (χ0n) is 14.6. The Balaban J connectivity index is 1.27. The molecule has 4 aliphatic carbocycles. The van der Waals surface area contributed by atoms with Crippen molar-refractivity contribution in [1.82, 2.24) is 15.3 Å². The van der Waals surface area contributed by atoms with Gasteiger partial charge in [0.1, 0.15) is 0 Å². The van der Waals surface area contributed by atoms with Gasteiger partial charge >= 0.3 is 0 Å². The molecule has 4 fully saturated rings. The summed E-state index contributed by atoms with van der Waals surface area (Å²) in [7, 11) is 0. The van der Waals surface area contributed by atoms with Crippen LogP contribution in [-0.2, 0) is 4.79 Å². The number of hydrogen-bond donors (Lipinski definition) is 2. The van der Waals surface area contributed by atoms with E-state index in [0.717, 1.165) is 33.9 Å². The van der Waals surface area contributed by atoms with E-state index < -0.39 is 0 Å². The SMILES string of the molecule is C[C@H](Sc1nc2ccccc2[nH]1)C(=O)NC12CC3CC(CC(C3)C1)C2. The highest BCUT2D eigenvalue weighted by Gasteiger charge is 2.51.